The Bertz CT molecular complexity index is 832. The van der Waals surface area contributed by atoms with Crippen LogP contribution in [0.25, 0.3) is 5.57 Å². The van der Waals surface area contributed by atoms with Crippen LogP contribution in [0.1, 0.15) is 43.9 Å². The molecule has 0 bridgehead atoms. The third kappa shape index (κ3) is 5.67. The molecule has 0 amide bonds. The molecule has 0 spiro atoms. The predicted octanol–water partition coefficient (Wildman–Crippen LogP) is 4.65. The van der Waals surface area contributed by atoms with Crippen LogP contribution in [0.3, 0.4) is 0 Å². The van der Waals surface area contributed by atoms with Gasteiger partial charge in [-0.25, -0.2) is 4.39 Å². The first-order chi connectivity index (χ1) is 13.5. The normalized spacial score (nSPS) is 12.5. The van der Waals surface area contributed by atoms with Crippen LogP contribution in [-0.4, -0.2) is 18.7 Å². The number of benzene rings is 2. The fraction of sp³-hybridized carbons (Fsp3) is 0.348. The van der Waals surface area contributed by atoms with Crippen molar-refractivity contribution >= 4 is 11.5 Å². The zero-order chi connectivity index (χ0) is 20.5. The number of carbonyl (C=O) groups excluding carboxylic acids is 1. The fourth-order valence-corrected chi connectivity index (χ4v) is 2.94. The second kappa shape index (κ2) is 10.6. The molecule has 0 aliphatic carbocycles. The Morgan fingerprint density at radius 1 is 1.14 bits per heavy atom. The number of esters is 1. The van der Waals surface area contributed by atoms with Crippen LogP contribution >= 0.6 is 0 Å². The number of rotatable bonds is 9. The molecule has 2 aromatic rings. The number of hydrogen-bond acceptors (Lipinski definition) is 4. The van der Waals surface area contributed by atoms with Gasteiger partial charge in [-0.05, 0) is 38.0 Å². The summed E-state index contributed by atoms with van der Waals surface area (Å²) in [4.78, 5) is 11.8. The molecule has 0 radical (unpaired) electrons. The minimum atomic E-state index is -0.295. The van der Waals surface area contributed by atoms with Crippen molar-refractivity contribution in [3.8, 4) is 5.75 Å². The molecule has 0 saturated carbocycles. The molecular formula is C23H28FNO3. The molecule has 0 saturated heterocycles. The molecule has 1 unspecified atom stereocenters. The first-order valence-corrected chi connectivity index (χ1v) is 9.56. The Hall–Kier alpha value is -2.66. The summed E-state index contributed by atoms with van der Waals surface area (Å²) in [6.07, 6.45) is 2.49. The molecule has 0 aliphatic heterocycles. The summed E-state index contributed by atoms with van der Waals surface area (Å²) < 4.78 is 25.7. The number of nitrogens with two attached hydrogens (primary N) is 1. The lowest BCUT2D eigenvalue weighted by Gasteiger charge is -2.18. The SMILES string of the molecule is CCOC(=O)Cc1ccccc1OC(/C=C(\C)c1cccc(CN)c1F)CC. The van der Waals surface area contributed by atoms with Crippen LogP contribution in [0.2, 0.25) is 0 Å². The van der Waals surface area contributed by atoms with Crippen molar-refractivity contribution < 1.29 is 18.7 Å². The minimum absolute atomic E-state index is 0.149. The third-order valence-corrected chi connectivity index (χ3v) is 4.45. The van der Waals surface area contributed by atoms with Crippen molar-refractivity contribution in [2.45, 2.75) is 46.3 Å². The van der Waals surface area contributed by atoms with Gasteiger partial charge in [-0.2, -0.15) is 0 Å². The van der Waals surface area contributed by atoms with Crippen molar-refractivity contribution in [1.82, 2.24) is 0 Å². The van der Waals surface area contributed by atoms with Crippen molar-refractivity contribution in [1.29, 1.82) is 0 Å². The number of hydrogen-bond donors (Lipinski definition) is 1. The molecule has 28 heavy (non-hydrogen) atoms. The lowest BCUT2D eigenvalue weighted by molar-refractivity contribution is -0.142. The maximum absolute atomic E-state index is 14.6. The molecule has 150 valence electrons. The molecule has 2 N–H and O–H groups in total. The molecule has 1 atom stereocenters. The number of para-hydroxylation sites is 1. The van der Waals surface area contributed by atoms with E-state index in [0.29, 0.717) is 29.9 Å². The highest BCUT2D eigenvalue weighted by molar-refractivity contribution is 5.73. The van der Waals surface area contributed by atoms with Crippen molar-refractivity contribution in [2.75, 3.05) is 6.61 Å². The van der Waals surface area contributed by atoms with Gasteiger partial charge in [0.05, 0.1) is 13.0 Å². The van der Waals surface area contributed by atoms with E-state index in [1.165, 1.54) is 0 Å². The van der Waals surface area contributed by atoms with Gasteiger partial charge < -0.3 is 15.2 Å². The largest absolute Gasteiger partial charge is 0.486 e. The maximum atomic E-state index is 14.6. The number of halogens is 1. The number of carbonyl (C=O) groups is 1. The summed E-state index contributed by atoms with van der Waals surface area (Å²) in [6, 6.07) is 12.6. The Kier molecular flexibility index (Phi) is 8.20. The van der Waals surface area contributed by atoms with E-state index in [4.69, 9.17) is 15.2 Å². The Balaban J connectivity index is 2.23. The molecule has 5 heteroatoms. The van der Waals surface area contributed by atoms with Crippen LogP contribution in [0.15, 0.2) is 48.5 Å². The van der Waals surface area contributed by atoms with Crippen LogP contribution in [-0.2, 0) is 22.5 Å². The molecule has 2 aromatic carbocycles. The van der Waals surface area contributed by atoms with Gasteiger partial charge in [0.25, 0.3) is 0 Å². The molecule has 4 nitrogen and oxygen atoms in total. The highest BCUT2D eigenvalue weighted by Gasteiger charge is 2.14. The van der Waals surface area contributed by atoms with E-state index in [2.05, 4.69) is 0 Å². The van der Waals surface area contributed by atoms with Crippen molar-refractivity contribution in [3.05, 3.63) is 71.0 Å². The second-order valence-electron chi connectivity index (χ2n) is 6.49. The standard InChI is InChI=1S/C23H28FNO3/c1-4-19(13-16(3)20-11-8-10-18(15-25)23(20)24)28-21-12-7-6-9-17(21)14-22(26)27-5-2/h6-13,19H,4-5,14-15,25H2,1-3H3/b16-13+. The average Bonchev–Trinajstić information content (AvgIpc) is 2.69. The monoisotopic (exact) mass is 385 g/mol. The fourth-order valence-electron chi connectivity index (χ4n) is 2.94. The van der Waals surface area contributed by atoms with Gasteiger partial charge in [-0.1, -0.05) is 43.3 Å². The minimum Gasteiger partial charge on any atom is -0.486 e. The second-order valence-corrected chi connectivity index (χ2v) is 6.49. The van der Waals surface area contributed by atoms with E-state index in [1.54, 1.807) is 25.1 Å². The molecule has 2 rings (SSSR count). The van der Waals surface area contributed by atoms with E-state index >= 15 is 0 Å². The van der Waals surface area contributed by atoms with E-state index in [1.807, 2.05) is 44.2 Å². The third-order valence-electron chi connectivity index (χ3n) is 4.45. The number of allylic oxidation sites excluding steroid dienone is 1. The van der Waals surface area contributed by atoms with E-state index < -0.39 is 0 Å². The zero-order valence-corrected chi connectivity index (χ0v) is 16.7. The van der Waals surface area contributed by atoms with Crippen molar-refractivity contribution in [2.24, 2.45) is 5.73 Å². The summed E-state index contributed by atoms with van der Waals surface area (Å²) in [5.74, 6) is 0.0398. The van der Waals surface area contributed by atoms with Gasteiger partial charge >= 0.3 is 5.97 Å². The van der Waals surface area contributed by atoms with Gasteiger partial charge in [0.15, 0.2) is 0 Å². The Morgan fingerprint density at radius 3 is 2.54 bits per heavy atom. The Morgan fingerprint density at radius 2 is 1.86 bits per heavy atom. The summed E-state index contributed by atoms with van der Waals surface area (Å²) in [6.45, 7) is 6.13. The topological polar surface area (TPSA) is 61.5 Å². The molecule has 0 fully saturated rings. The van der Waals surface area contributed by atoms with Crippen LogP contribution in [0.4, 0.5) is 4.39 Å². The molecule has 0 aliphatic rings. The first-order valence-electron chi connectivity index (χ1n) is 9.56. The lowest BCUT2D eigenvalue weighted by atomic mass is 10.0. The lowest BCUT2D eigenvalue weighted by Crippen LogP contribution is -2.15. The molecule has 0 aromatic heterocycles. The summed E-state index contributed by atoms with van der Waals surface area (Å²) in [5, 5.41) is 0. The maximum Gasteiger partial charge on any atom is 0.310 e. The highest BCUT2D eigenvalue weighted by Crippen LogP contribution is 2.25. The smallest absolute Gasteiger partial charge is 0.310 e. The number of ether oxygens (including phenoxy) is 2. The summed E-state index contributed by atoms with van der Waals surface area (Å²) in [7, 11) is 0. The van der Waals surface area contributed by atoms with E-state index in [0.717, 1.165) is 11.1 Å². The summed E-state index contributed by atoms with van der Waals surface area (Å²) in [5.41, 5.74) is 8.15. The first kappa shape index (κ1) is 21.6. The molecular weight excluding hydrogens is 357 g/mol. The molecule has 0 heterocycles. The van der Waals surface area contributed by atoms with E-state index in [-0.39, 0.29) is 30.9 Å². The summed E-state index contributed by atoms with van der Waals surface area (Å²) >= 11 is 0. The van der Waals surface area contributed by atoms with Crippen LogP contribution < -0.4 is 10.5 Å². The van der Waals surface area contributed by atoms with Gasteiger partial charge in [0.2, 0.25) is 0 Å². The van der Waals surface area contributed by atoms with Crippen LogP contribution in [0.5, 0.6) is 5.75 Å². The van der Waals surface area contributed by atoms with Gasteiger partial charge in [-0.15, -0.1) is 0 Å². The zero-order valence-electron chi connectivity index (χ0n) is 16.7. The van der Waals surface area contributed by atoms with Gasteiger partial charge in [0, 0.05) is 23.2 Å². The quantitative estimate of drug-likeness (QED) is 0.638. The highest BCUT2D eigenvalue weighted by atomic mass is 19.1. The predicted molar refractivity (Wildman–Crippen MR) is 109 cm³/mol. The van der Waals surface area contributed by atoms with Crippen LogP contribution in [0, 0.1) is 5.82 Å². The Labute approximate surface area is 166 Å². The van der Waals surface area contributed by atoms with Gasteiger partial charge in [0.1, 0.15) is 17.7 Å². The average molecular weight is 385 g/mol. The van der Waals surface area contributed by atoms with E-state index in [9.17, 15) is 9.18 Å². The van der Waals surface area contributed by atoms with Crippen molar-refractivity contribution in [3.63, 3.8) is 0 Å². The van der Waals surface area contributed by atoms with Gasteiger partial charge in [-0.3, -0.25) is 4.79 Å².